The predicted octanol–water partition coefficient (Wildman–Crippen LogP) is 2.21. The van der Waals surface area contributed by atoms with Crippen molar-refractivity contribution in [2.75, 3.05) is 13.6 Å². The van der Waals surface area contributed by atoms with Crippen molar-refractivity contribution >= 4 is 9.76 Å². The van der Waals surface area contributed by atoms with Gasteiger partial charge in [-0.2, -0.15) is 5.06 Å². The van der Waals surface area contributed by atoms with Crippen LogP contribution in [0, 0.1) is 0 Å². The Morgan fingerprint density at radius 3 is 2.16 bits per heavy atom. The second-order valence-electron chi connectivity index (χ2n) is 10.6. The zero-order valence-electron chi connectivity index (χ0n) is 21.3. The van der Waals surface area contributed by atoms with Crippen LogP contribution in [0.5, 0.6) is 0 Å². The maximum absolute atomic E-state index is 12.8. The van der Waals surface area contributed by atoms with Crippen molar-refractivity contribution in [2.45, 2.75) is 55.4 Å². The molecule has 3 aromatic rings. The Kier molecular flexibility index (Phi) is 6.59. The van der Waals surface area contributed by atoms with E-state index in [-0.39, 0.29) is 21.3 Å². The third kappa shape index (κ3) is 4.33. The Hall–Kier alpha value is -2.86. The molecule has 4 unspecified atom stereocenters. The molecule has 2 N–H and O–H groups in total. The molecule has 1 aromatic heterocycles. The molecule has 5 rings (SSSR count). The Labute approximate surface area is 217 Å². The highest BCUT2D eigenvalue weighted by Crippen LogP contribution is 2.56. The molecular weight excluding hydrogens is 490 g/mol. The lowest BCUT2D eigenvalue weighted by Crippen LogP contribution is -2.68. The van der Waals surface area contributed by atoms with Gasteiger partial charge in [-0.15, -0.1) is 0 Å². The number of nitrogens with zero attached hydrogens (tertiary/aromatic N) is 2. The topological polar surface area (TPSA) is 106 Å². The molecule has 3 heterocycles. The van der Waals surface area contributed by atoms with Gasteiger partial charge in [-0.25, -0.2) is 4.79 Å². The summed E-state index contributed by atoms with van der Waals surface area (Å²) in [5.41, 5.74) is -2.21. The minimum absolute atomic E-state index is 0.0407. The van der Waals surface area contributed by atoms with Crippen LogP contribution in [0.15, 0.2) is 82.5 Å². The number of aliphatic hydroxyl groups excluding tert-OH is 1. The van der Waals surface area contributed by atoms with Crippen LogP contribution in [0.25, 0.3) is 0 Å². The molecule has 2 aromatic carbocycles. The Morgan fingerprint density at radius 1 is 1.03 bits per heavy atom. The average molecular weight is 522 g/mol. The fraction of sp³-hybridized carbons (Fsp3) is 0.407. The lowest BCUT2D eigenvalue weighted by Gasteiger charge is -2.53. The molecule has 2 aliphatic rings. The molecule has 2 saturated heterocycles. The molecule has 37 heavy (non-hydrogen) atoms. The van der Waals surface area contributed by atoms with E-state index >= 15 is 0 Å². The molecule has 0 aliphatic carbocycles. The third-order valence-corrected chi connectivity index (χ3v) is 7.77. The number of aromatic nitrogens is 2. The first kappa shape index (κ1) is 25.8. The number of H-pyrrole nitrogens is 1. The van der Waals surface area contributed by atoms with Crippen LogP contribution in [0.4, 0.5) is 0 Å². The molecular formula is C27H31N3O6Si. The van der Waals surface area contributed by atoms with E-state index in [4.69, 9.17) is 14.0 Å². The van der Waals surface area contributed by atoms with Crippen molar-refractivity contribution in [1.82, 2.24) is 14.6 Å². The lowest BCUT2D eigenvalue weighted by atomic mass is 9.69. The molecule has 0 saturated carbocycles. The summed E-state index contributed by atoms with van der Waals surface area (Å²) in [5.74, 6) is 0. The Balaban J connectivity index is 1.78. The van der Waals surface area contributed by atoms with Crippen LogP contribution >= 0.6 is 0 Å². The van der Waals surface area contributed by atoms with E-state index in [0.717, 1.165) is 11.1 Å². The molecule has 10 heteroatoms. The summed E-state index contributed by atoms with van der Waals surface area (Å²) < 4.78 is 15.1. The number of likely N-dealkylation sites (N-methyl/N-ethyl adjacent to an activating group) is 1. The highest BCUT2D eigenvalue weighted by molar-refractivity contribution is 6.32. The number of nitrogens with one attached hydrogen (secondary N) is 1. The number of aromatic amines is 1. The minimum Gasteiger partial charge on any atom is -0.401 e. The van der Waals surface area contributed by atoms with Gasteiger partial charge in [0.05, 0.1) is 6.54 Å². The maximum atomic E-state index is 12.8. The van der Waals surface area contributed by atoms with Crippen LogP contribution in [0.2, 0.25) is 5.04 Å². The largest absolute Gasteiger partial charge is 0.401 e. The monoisotopic (exact) mass is 521 g/mol. The quantitative estimate of drug-likeness (QED) is 0.479. The number of aliphatic hydroxyl groups is 1. The summed E-state index contributed by atoms with van der Waals surface area (Å²) in [6.45, 7) is 6.43. The van der Waals surface area contributed by atoms with Crippen molar-refractivity contribution in [2.24, 2.45) is 0 Å². The van der Waals surface area contributed by atoms with Crippen LogP contribution in [-0.4, -0.2) is 60.9 Å². The summed E-state index contributed by atoms with van der Waals surface area (Å²) in [7, 11) is 1.81. The van der Waals surface area contributed by atoms with Gasteiger partial charge in [0, 0.05) is 19.3 Å². The standard InChI is InChI=1S/C27H31N3O6Si/c1-25(2,3)37-36-27(18-11-7-5-8-12-18,19-13-9-6-10-14-19)26-17-29(4)35-21(22(26)32)23(34-26)30-16-15-20(31)28-24(30)33/h5-16,21-23,32H,17H2,1-4H3,(H,28,31,33). The number of hydrogen-bond donors (Lipinski definition) is 2. The second kappa shape index (κ2) is 9.46. The zero-order valence-corrected chi connectivity index (χ0v) is 22.3. The van der Waals surface area contributed by atoms with E-state index in [2.05, 4.69) is 25.8 Å². The van der Waals surface area contributed by atoms with Crippen LogP contribution < -0.4 is 11.2 Å². The van der Waals surface area contributed by atoms with E-state index in [0.29, 0.717) is 0 Å². The minimum atomic E-state index is -1.38. The Bertz CT molecular complexity index is 1320. The average Bonchev–Trinajstić information content (AvgIpc) is 3.01. The molecule has 9 nitrogen and oxygen atoms in total. The summed E-state index contributed by atoms with van der Waals surface area (Å²) >= 11 is 0. The molecule has 0 amide bonds. The fourth-order valence-corrected chi connectivity index (χ4v) is 6.14. The lowest BCUT2D eigenvalue weighted by molar-refractivity contribution is -0.278. The zero-order chi connectivity index (χ0) is 26.4. The van der Waals surface area contributed by atoms with Crippen LogP contribution in [0.1, 0.15) is 38.1 Å². The van der Waals surface area contributed by atoms with Crippen LogP contribution in [0.3, 0.4) is 0 Å². The number of rotatable bonds is 6. The SMILES string of the molecule is CN1CC2(C(O[Si]C(C)(C)C)(c3ccccc3)c3ccccc3)OC(n3ccc(=O)[nH]c3=O)C(O1)C2O. The highest BCUT2D eigenvalue weighted by Gasteiger charge is 2.71. The van der Waals surface area contributed by atoms with E-state index in [1.807, 2.05) is 60.7 Å². The first-order valence-corrected chi connectivity index (χ1v) is 13.1. The normalized spacial score (nSPS) is 26.4. The Morgan fingerprint density at radius 2 is 1.62 bits per heavy atom. The van der Waals surface area contributed by atoms with E-state index in [1.54, 1.807) is 12.1 Å². The van der Waals surface area contributed by atoms with E-state index in [9.17, 15) is 14.7 Å². The molecule has 2 aliphatic heterocycles. The second-order valence-corrected chi connectivity index (χ2v) is 12.5. The third-order valence-electron chi connectivity index (χ3n) is 6.75. The number of hydrogen-bond acceptors (Lipinski definition) is 7. The summed E-state index contributed by atoms with van der Waals surface area (Å²) in [6, 6.07) is 20.7. The van der Waals surface area contributed by atoms with Crippen LogP contribution in [-0.2, 0) is 19.6 Å². The van der Waals surface area contributed by atoms with Gasteiger partial charge in [0.15, 0.2) is 17.9 Å². The van der Waals surface area contributed by atoms with Gasteiger partial charge in [-0.1, -0.05) is 81.4 Å². The smallest absolute Gasteiger partial charge is 0.330 e. The molecule has 2 bridgehead atoms. The molecule has 2 fully saturated rings. The molecule has 0 spiro atoms. The van der Waals surface area contributed by atoms with Gasteiger partial charge in [0.1, 0.15) is 11.7 Å². The molecule has 194 valence electrons. The predicted molar refractivity (Wildman–Crippen MR) is 138 cm³/mol. The molecule has 2 radical (unpaired) electrons. The summed E-state index contributed by atoms with van der Waals surface area (Å²) in [6.07, 6.45) is -1.77. The van der Waals surface area contributed by atoms with E-state index < -0.39 is 40.9 Å². The van der Waals surface area contributed by atoms with Crippen molar-refractivity contribution < 1.29 is 19.1 Å². The number of hydroxylamine groups is 2. The van der Waals surface area contributed by atoms with Gasteiger partial charge in [0.25, 0.3) is 5.56 Å². The van der Waals surface area contributed by atoms with Gasteiger partial charge in [-0.3, -0.25) is 19.2 Å². The molecule has 4 atom stereocenters. The first-order valence-electron chi connectivity index (χ1n) is 12.2. The fourth-order valence-electron chi connectivity index (χ4n) is 5.27. The van der Waals surface area contributed by atoms with E-state index in [1.165, 1.54) is 16.8 Å². The van der Waals surface area contributed by atoms with Crippen molar-refractivity contribution in [3.05, 3.63) is 105 Å². The number of benzene rings is 2. The highest BCUT2D eigenvalue weighted by atomic mass is 28.2. The first-order chi connectivity index (χ1) is 17.6. The van der Waals surface area contributed by atoms with Crippen molar-refractivity contribution in [3.63, 3.8) is 0 Å². The van der Waals surface area contributed by atoms with Crippen molar-refractivity contribution in [1.29, 1.82) is 0 Å². The summed E-state index contributed by atoms with van der Waals surface area (Å²) in [5, 5.41) is 13.4. The van der Waals surface area contributed by atoms with Gasteiger partial charge < -0.3 is 14.3 Å². The van der Waals surface area contributed by atoms with Crippen molar-refractivity contribution in [3.8, 4) is 0 Å². The number of fused-ring (bicyclic) bond motifs is 2. The summed E-state index contributed by atoms with van der Waals surface area (Å²) in [4.78, 5) is 32.9. The van der Waals surface area contributed by atoms with Gasteiger partial charge in [0.2, 0.25) is 9.76 Å². The number of ether oxygens (including phenoxy) is 1. The maximum Gasteiger partial charge on any atom is 0.330 e. The van der Waals surface area contributed by atoms with Gasteiger partial charge in [-0.05, 0) is 16.2 Å². The van der Waals surface area contributed by atoms with Gasteiger partial charge >= 0.3 is 5.69 Å².